The van der Waals surface area contributed by atoms with E-state index in [1.54, 1.807) is 0 Å². The van der Waals surface area contributed by atoms with Gasteiger partial charge in [-0.15, -0.1) is 5.11 Å². The number of halogens is 2. The number of rotatable bonds is 11. The minimum atomic E-state index is -4.83. The molecule has 2 rings (SSSR count). The van der Waals surface area contributed by atoms with E-state index in [1.807, 2.05) is 0 Å². The maximum absolute atomic E-state index is 12.2. The minimum absolute atomic E-state index is 0.0995. The van der Waals surface area contributed by atoms with E-state index in [0.29, 0.717) is 0 Å². The van der Waals surface area contributed by atoms with Crippen molar-refractivity contribution in [2.24, 2.45) is 25.9 Å². The van der Waals surface area contributed by atoms with Crippen LogP contribution < -0.4 is 16.8 Å². The number of sulfone groups is 1. The van der Waals surface area contributed by atoms with Gasteiger partial charge in [0.1, 0.15) is 16.4 Å². The molecule has 0 aromatic heterocycles. The molecule has 16 nitrogen and oxygen atoms in total. The normalized spacial score (nSPS) is 13.5. The van der Waals surface area contributed by atoms with Gasteiger partial charge in [0, 0.05) is 0 Å². The molecule has 0 atom stereocenters. The molecule has 0 aliphatic rings. The van der Waals surface area contributed by atoms with Crippen molar-refractivity contribution in [3.8, 4) is 0 Å². The molecule has 0 saturated heterocycles. The zero-order valence-corrected chi connectivity index (χ0v) is 23.2. The second-order valence-corrected chi connectivity index (χ2v) is 12.3. The highest BCUT2D eigenvalue weighted by atomic mass is 35.5. The molecule has 0 amide bonds. The molecule has 0 heterocycles. The van der Waals surface area contributed by atoms with Gasteiger partial charge in [-0.2, -0.15) is 26.9 Å². The standard InChI is InChI=1S/C18H19Cl2N7O9S3/c1-10(24-18(20)25-17(19)22)23-15-8-13(21)14(9-16(15)38(30,31)32)27-26-11-2-4-12(5-3-11)37(28,29)7-6-36-39(33,34)35/h2-5,8-9,23H,1,6-7,21H2,(H2,22,24,25)(H,30,31,32)(H,33,34,35). The number of nitrogen functional groups attached to an aromatic ring is 1. The summed E-state index contributed by atoms with van der Waals surface area (Å²) in [6.45, 7) is 2.72. The molecule has 0 saturated carbocycles. The van der Waals surface area contributed by atoms with E-state index in [-0.39, 0.29) is 33.5 Å². The second kappa shape index (κ2) is 12.8. The van der Waals surface area contributed by atoms with Gasteiger partial charge in [-0.3, -0.25) is 9.11 Å². The van der Waals surface area contributed by atoms with E-state index in [9.17, 15) is 29.8 Å². The lowest BCUT2D eigenvalue weighted by atomic mass is 10.2. The summed E-state index contributed by atoms with van der Waals surface area (Å²) in [5.41, 5.74) is 10.7. The van der Waals surface area contributed by atoms with Crippen LogP contribution in [0, 0.1) is 0 Å². The molecule has 212 valence electrons. The molecule has 2 aromatic carbocycles. The van der Waals surface area contributed by atoms with Crippen LogP contribution in [0.2, 0.25) is 0 Å². The molecule has 0 fully saturated rings. The number of nitrogens with two attached hydrogens (primary N) is 2. The van der Waals surface area contributed by atoms with E-state index in [1.165, 1.54) is 12.1 Å². The van der Waals surface area contributed by atoms with Crippen LogP contribution in [-0.2, 0) is 34.5 Å². The Labute approximate surface area is 232 Å². The lowest BCUT2D eigenvalue weighted by molar-refractivity contribution is 0.284. The van der Waals surface area contributed by atoms with Gasteiger partial charge >= 0.3 is 10.4 Å². The Bertz CT molecular complexity index is 1670. The molecule has 0 aliphatic heterocycles. The molecule has 7 N–H and O–H groups in total. The van der Waals surface area contributed by atoms with Gasteiger partial charge in [0.05, 0.1) is 34.3 Å². The fraction of sp³-hybridized carbons (Fsp3) is 0.111. The third-order valence-corrected chi connectivity index (χ3v) is 7.47. The lowest BCUT2D eigenvalue weighted by Gasteiger charge is -2.12. The zero-order valence-electron chi connectivity index (χ0n) is 19.3. The third-order valence-electron chi connectivity index (χ3n) is 4.17. The highest BCUT2D eigenvalue weighted by Gasteiger charge is 2.20. The number of azo groups is 1. The molecular formula is C18H19Cl2N7O9S3. The maximum atomic E-state index is 12.2. The molecule has 0 unspecified atom stereocenters. The van der Waals surface area contributed by atoms with Crippen molar-refractivity contribution in [2.75, 3.05) is 23.4 Å². The number of nitrogens with zero attached hydrogens (tertiary/aromatic N) is 4. The van der Waals surface area contributed by atoms with Gasteiger partial charge in [0.25, 0.3) is 10.1 Å². The Balaban J connectivity index is 2.30. The average Bonchev–Trinajstić information content (AvgIpc) is 2.76. The number of hydrogen-bond donors (Lipinski definition) is 5. The fourth-order valence-electron chi connectivity index (χ4n) is 2.59. The number of amidine groups is 2. The van der Waals surface area contributed by atoms with Crippen molar-refractivity contribution in [2.45, 2.75) is 9.79 Å². The van der Waals surface area contributed by atoms with E-state index >= 15 is 0 Å². The van der Waals surface area contributed by atoms with E-state index in [4.69, 9.17) is 39.2 Å². The Morgan fingerprint density at radius 1 is 1.00 bits per heavy atom. The number of hydrogen-bond acceptors (Lipinski definition) is 12. The van der Waals surface area contributed by atoms with Crippen molar-refractivity contribution in [3.63, 3.8) is 0 Å². The lowest BCUT2D eigenvalue weighted by Crippen LogP contribution is -2.15. The number of anilines is 2. The van der Waals surface area contributed by atoms with Crippen molar-refractivity contribution >= 4 is 86.9 Å². The van der Waals surface area contributed by atoms with Crippen LogP contribution in [0.5, 0.6) is 0 Å². The zero-order chi connectivity index (χ0) is 29.6. The first-order valence-corrected chi connectivity index (χ1v) is 15.1. The monoisotopic (exact) mass is 643 g/mol. The van der Waals surface area contributed by atoms with Gasteiger partial charge in [-0.05, 0) is 59.6 Å². The van der Waals surface area contributed by atoms with Crippen LogP contribution in [0.3, 0.4) is 0 Å². The van der Waals surface area contributed by atoms with Crippen LogP contribution in [0.15, 0.2) is 78.8 Å². The number of nitrogens with one attached hydrogen (secondary N) is 1. The Hall–Kier alpha value is -3.17. The summed E-state index contributed by atoms with van der Waals surface area (Å²) in [6, 6.07) is 6.79. The second-order valence-electron chi connectivity index (χ2n) is 7.03. The summed E-state index contributed by atoms with van der Waals surface area (Å²) in [5.74, 6) is -0.958. The fourth-order valence-corrected chi connectivity index (χ4v) is 5.04. The predicted molar refractivity (Wildman–Crippen MR) is 144 cm³/mol. The summed E-state index contributed by atoms with van der Waals surface area (Å²) >= 11 is 11.1. The van der Waals surface area contributed by atoms with E-state index < -0.39 is 58.2 Å². The van der Waals surface area contributed by atoms with E-state index in [0.717, 1.165) is 24.3 Å². The molecule has 2 aromatic rings. The quantitative estimate of drug-likeness (QED) is 0.0590. The largest absolute Gasteiger partial charge is 0.397 e. The summed E-state index contributed by atoms with van der Waals surface area (Å²) in [4.78, 5) is 6.26. The minimum Gasteiger partial charge on any atom is -0.397 e. The first-order valence-electron chi connectivity index (χ1n) is 9.84. The van der Waals surface area contributed by atoms with Crippen molar-refractivity contribution in [1.82, 2.24) is 0 Å². The van der Waals surface area contributed by atoms with Crippen molar-refractivity contribution < 1.29 is 38.5 Å². The molecule has 0 aliphatic carbocycles. The number of benzene rings is 2. The van der Waals surface area contributed by atoms with Crippen molar-refractivity contribution in [3.05, 3.63) is 48.8 Å². The van der Waals surface area contributed by atoms with Gasteiger partial charge < -0.3 is 16.8 Å². The van der Waals surface area contributed by atoms with Crippen LogP contribution in [-0.4, -0.2) is 57.3 Å². The smallest absolute Gasteiger partial charge is 0.397 e. The molecule has 21 heteroatoms. The van der Waals surface area contributed by atoms with E-state index in [2.05, 4.69) is 36.3 Å². The van der Waals surface area contributed by atoms with Crippen LogP contribution in [0.1, 0.15) is 0 Å². The average molecular weight is 644 g/mol. The number of aliphatic imine (C=N–C) groups is 2. The Morgan fingerprint density at radius 2 is 1.62 bits per heavy atom. The van der Waals surface area contributed by atoms with Crippen molar-refractivity contribution in [1.29, 1.82) is 0 Å². The van der Waals surface area contributed by atoms with Gasteiger partial charge in [-0.1, -0.05) is 6.58 Å². The topological polar surface area (TPSA) is 266 Å². The molecule has 0 radical (unpaired) electrons. The van der Waals surface area contributed by atoms with Gasteiger partial charge in [0.15, 0.2) is 15.1 Å². The van der Waals surface area contributed by atoms with Crippen LogP contribution in [0.25, 0.3) is 0 Å². The van der Waals surface area contributed by atoms with Gasteiger partial charge in [0.2, 0.25) is 5.29 Å². The molecule has 39 heavy (non-hydrogen) atoms. The highest BCUT2D eigenvalue weighted by Crippen LogP contribution is 2.34. The molecule has 0 bridgehead atoms. The Kier molecular flexibility index (Phi) is 10.5. The first kappa shape index (κ1) is 32.0. The summed E-state index contributed by atoms with van der Waals surface area (Å²) < 4.78 is 91.7. The van der Waals surface area contributed by atoms with Crippen LogP contribution >= 0.6 is 23.2 Å². The Morgan fingerprint density at radius 3 is 2.15 bits per heavy atom. The summed E-state index contributed by atoms with van der Waals surface area (Å²) in [6.07, 6.45) is 0. The molecule has 0 spiro atoms. The highest BCUT2D eigenvalue weighted by molar-refractivity contribution is 7.91. The SMILES string of the molecule is C=C(N=C(Cl)N=C(N)Cl)Nc1cc(N)c(N=Nc2ccc(S(=O)(=O)CCOS(=O)(=O)O)cc2)cc1S(=O)(=O)O. The van der Waals surface area contributed by atoms with Gasteiger partial charge in [-0.25, -0.2) is 17.6 Å². The first-order chi connectivity index (χ1) is 17.9. The summed E-state index contributed by atoms with van der Waals surface area (Å²) in [7, 11) is -13.6. The summed E-state index contributed by atoms with van der Waals surface area (Å²) in [5, 5.41) is 9.32. The van der Waals surface area contributed by atoms with Crippen LogP contribution in [0.4, 0.5) is 22.7 Å². The predicted octanol–water partition coefficient (Wildman–Crippen LogP) is 2.56. The third kappa shape index (κ3) is 10.5. The molecular weight excluding hydrogens is 625 g/mol. The maximum Gasteiger partial charge on any atom is 0.397 e.